The van der Waals surface area contributed by atoms with Gasteiger partial charge < -0.3 is 5.32 Å². The summed E-state index contributed by atoms with van der Waals surface area (Å²) in [5.74, 6) is 0. The Bertz CT molecular complexity index is 415. The lowest BCUT2D eigenvalue weighted by Crippen LogP contribution is -2.12. The van der Waals surface area contributed by atoms with E-state index in [4.69, 9.17) is 0 Å². The van der Waals surface area contributed by atoms with E-state index < -0.39 is 0 Å². The monoisotopic (exact) mass is 257 g/mol. The first kappa shape index (κ1) is 17.2. The van der Waals surface area contributed by atoms with Gasteiger partial charge in [-0.25, -0.2) is 0 Å². The molecule has 0 amide bonds. The molecule has 1 aromatic rings. The van der Waals surface area contributed by atoms with Gasteiger partial charge in [0.25, 0.3) is 0 Å². The van der Waals surface area contributed by atoms with Crippen LogP contribution in [0.4, 0.5) is 0 Å². The minimum Gasteiger partial charge on any atom is -0.385 e. The van der Waals surface area contributed by atoms with Crippen LogP contribution in [-0.4, -0.2) is 6.54 Å². The molecule has 0 saturated heterocycles. The first-order valence-electron chi connectivity index (χ1n) is 6.95. The molecule has 0 fully saturated rings. The molecule has 0 heterocycles. The van der Waals surface area contributed by atoms with Crippen molar-refractivity contribution in [2.75, 3.05) is 6.54 Å². The van der Waals surface area contributed by atoms with Crippen molar-refractivity contribution in [3.63, 3.8) is 0 Å². The molecular weight excluding hydrogens is 230 g/mol. The van der Waals surface area contributed by atoms with Gasteiger partial charge in [-0.2, -0.15) is 0 Å². The molecule has 0 saturated carbocycles. The predicted octanol–water partition coefficient (Wildman–Crippen LogP) is 5.27. The maximum atomic E-state index is 4.06. The summed E-state index contributed by atoms with van der Waals surface area (Å²) in [6.07, 6.45) is 4.06. The first-order valence-corrected chi connectivity index (χ1v) is 6.95. The maximum Gasteiger partial charge on any atom is 0.0340 e. The van der Waals surface area contributed by atoms with Crippen molar-refractivity contribution in [3.05, 3.63) is 61.2 Å². The molecule has 0 aliphatic carbocycles. The number of unbranched alkanes of at least 4 members (excludes halogenated alkanes) is 1. The topological polar surface area (TPSA) is 12.0 Å². The summed E-state index contributed by atoms with van der Waals surface area (Å²) in [7, 11) is 0. The largest absolute Gasteiger partial charge is 0.385 e. The van der Waals surface area contributed by atoms with Crippen LogP contribution < -0.4 is 5.32 Å². The summed E-state index contributed by atoms with van der Waals surface area (Å²) in [4.78, 5) is 0. The number of rotatable bonds is 7. The smallest absolute Gasteiger partial charge is 0.0340 e. The fourth-order valence-electron chi connectivity index (χ4n) is 1.56. The highest BCUT2D eigenvalue weighted by atomic mass is 14.9. The molecule has 1 aromatic carbocycles. The number of benzene rings is 1. The average Bonchev–Trinajstić information content (AvgIpc) is 2.45. The molecule has 0 aliphatic rings. The molecule has 19 heavy (non-hydrogen) atoms. The Morgan fingerprint density at radius 3 is 2.42 bits per heavy atom. The van der Waals surface area contributed by atoms with E-state index in [9.17, 15) is 0 Å². The second-order valence-electron chi connectivity index (χ2n) is 4.20. The van der Waals surface area contributed by atoms with Crippen molar-refractivity contribution in [1.82, 2.24) is 5.32 Å². The van der Waals surface area contributed by atoms with E-state index in [0.717, 1.165) is 41.8 Å². The summed E-state index contributed by atoms with van der Waals surface area (Å²) in [6, 6.07) is 8.28. The van der Waals surface area contributed by atoms with Crippen LogP contribution in [0.15, 0.2) is 50.1 Å². The molecule has 1 N–H and O–H groups in total. The molecular formula is C18H27N. The number of hydrogen-bond acceptors (Lipinski definition) is 1. The van der Waals surface area contributed by atoms with Gasteiger partial charge in [0.1, 0.15) is 0 Å². The van der Waals surface area contributed by atoms with Crippen molar-refractivity contribution in [2.45, 2.75) is 33.6 Å². The Kier molecular flexibility index (Phi) is 9.25. The lowest BCUT2D eigenvalue weighted by molar-refractivity contribution is 0.777. The van der Waals surface area contributed by atoms with Crippen molar-refractivity contribution < 1.29 is 0 Å². The Balaban J connectivity index is 0.00000154. The third kappa shape index (κ3) is 6.66. The third-order valence-corrected chi connectivity index (χ3v) is 2.63. The Morgan fingerprint density at radius 2 is 1.84 bits per heavy atom. The molecule has 104 valence electrons. The Labute approximate surface area is 118 Å². The van der Waals surface area contributed by atoms with Gasteiger partial charge in [-0.05, 0) is 37.0 Å². The lowest BCUT2D eigenvalue weighted by atomic mass is 10.0. The van der Waals surface area contributed by atoms with Crippen LogP contribution >= 0.6 is 0 Å². The van der Waals surface area contributed by atoms with E-state index in [1.807, 2.05) is 32.9 Å². The van der Waals surface area contributed by atoms with E-state index in [0.29, 0.717) is 0 Å². The molecule has 0 bridgehead atoms. The quantitative estimate of drug-likeness (QED) is 0.518. The molecule has 0 aliphatic heterocycles. The lowest BCUT2D eigenvalue weighted by Gasteiger charge is -2.10. The van der Waals surface area contributed by atoms with Gasteiger partial charge in [-0.15, -0.1) is 6.58 Å². The molecule has 0 spiro atoms. The van der Waals surface area contributed by atoms with Crippen LogP contribution in [0.2, 0.25) is 0 Å². The highest BCUT2D eigenvalue weighted by molar-refractivity contribution is 5.68. The molecule has 0 aromatic heterocycles. The highest BCUT2D eigenvalue weighted by Gasteiger charge is 2.00. The van der Waals surface area contributed by atoms with Gasteiger partial charge in [0.2, 0.25) is 0 Å². The maximum absolute atomic E-state index is 4.06. The van der Waals surface area contributed by atoms with E-state index in [1.165, 1.54) is 0 Å². The van der Waals surface area contributed by atoms with Gasteiger partial charge in [-0.3, -0.25) is 0 Å². The van der Waals surface area contributed by atoms with Gasteiger partial charge in [0.15, 0.2) is 0 Å². The molecule has 0 atom stereocenters. The average molecular weight is 257 g/mol. The summed E-state index contributed by atoms with van der Waals surface area (Å²) >= 11 is 0. The van der Waals surface area contributed by atoms with Crippen molar-refractivity contribution in [3.8, 4) is 0 Å². The van der Waals surface area contributed by atoms with Gasteiger partial charge in [-0.1, -0.05) is 56.9 Å². The summed E-state index contributed by atoms with van der Waals surface area (Å²) < 4.78 is 0. The Morgan fingerprint density at radius 1 is 1.21 bits per heavy atom. The number of hydrogen-bond donors (Lipinski definition) is 1. The van der Waals surface area contributed by atoms with Crippen LogP contribution in [0.5, 0.6) is 0 Å². The summed E-state index contributed by atoms with van der Waals surface area (Å²) in [6.45, 7) is 18.7. The van der Waals surface area contributed by atoms with Crippen LogP contribution in [0.1, 0.15) is 44.7 Å². The Hall–Kier alpha value is -1.76. The number of nitrogens with one attached hydrogen (secondary N) is 1. The van der Waals surface area contributed by atoms with Crippen LogP contribution in [-0.2, 0) is 0 Å². The third-order valence-electron chi connectivity index (χ3n) is 2.63. The second-order valence-corrected chi connectivity index (χ2v) is 4.20. The van der Waals surface area contributed by atoms with Gasteiger partial charge in [0.05, 0.1) is 0 Å². The van der Waals surface area contributed by atoms with E-state index in [1.54, 1.807) is 0 Å². The standard InChI is InChI=1S/C16H21N.C2H6/c1-5-6-7-11-17-14(4)16-10-8-9-15(12-16)13(2)3;1-2/h5,8-10,12,17H,1-2,4,6-7,11H2,3H3;1-2H3. The normalized spacial score (nSPS) is 9.00. The zero-order valence-corrected chi connectivity index (χ0v) is 12.6. The number of allylic oxidation sites excluding steroid dienone is 2. The fraction of sp³-hybridized carbons (Fsp3) is 0.333. The van der Waals surface area contributed by atoms with E-state index >= 15 is 0 Å². The predicted molar refractivity (Wildman–Crippen MR) is 89.0 cm³/mol. The minimum absolute atomic E-state index is 0.933. The molecule has 0 radical (unpaired) electrons. The van der Waals surface area contributed by atoms with Crippen molar-refractivity contribution in [1.29, 1.82) is 0 Å². The minimum atomic E-state index is 0.933. The summed E-state index contributed by atoms with van der Waals surface area (Å²) in [5.41, 5.74) is 4.34. The molecule has 1 nitrogen and oxygen atoms in total. The van der Waals surface area contributed by atoms with Gasteiger partial charge in [0, 0.05) is 12.2 Å². The first-order chi connectivity index (χ1) is 9.15. The van der Waals surface area contributed by atoms with Gasteiger partial charge >= 0.3 is 0 Å². The zero-order valence-electron chi connectivity index (χ0n) is 12.6. The van der Waals surface area contributed by atoms with E-state index in [2.05, 4.69) is 43.3 Å². The van der Waals surface area contributed by atoms with Crippen LogP contribution in [0, 0.1) is 0 Å². The van der Waals surface area contributed by atoms with Crippen LogP contribution in [0.3, 0.4) is 0 Å². The van der Waals surface area contributed by atoms with E-state index in [-0.39, 0.29) is 0 Å². The molecule has 1 rings (SSSR count). The second kappa shape index (κ2) is 10.2. The van der Waals surface area contributed by atoms with Crippen LogP contribution in [0.25, 0.3) is 11.3 Å². The summed E-state index contributed by atoms with van der Waals surface area (Å²) in [5, 5.41) is 3.33. The zero-order chi connectivity index (χ0) is 14.7. The molecule has 1 heteroatoms. The fourth-order valence-corrected chi connectivity index (χ4v) is 1.56. The van der Waals surface area contributed by atoms with Crippen molar-refractivity contribution in [2.24, 2.45) is 0 Å². The molecule has 0 unspecified atom stereocenters. The SMILES string of the molecule is C=CCCCNC(=C)c1cccc(C(=C)C)c1.CC. The van der Waals surface area contributed by atoms with Crippen molar-refractivity contribution >= 4 is 11.3 Å². The highest BCUT2D eigenvalue weighted by Crippen LogP contribution is 2.17.